The predicted molar refractivity (Wildman–Crippen MR) is 119 cm³/mol. The number of nitrogens with zero attached hydrogens (tertiary/aromatic N) is 3. The van der Waals surface area contributed by atoms with Crippen LogP contribution in [0.3, 0.4) is 0 Å². The quantitative estimate of drug-likeness (QED) is 0.480. The van der Waals surface area contributed by atoms with E-state index in [-0.39, 0.29) is 12.2 Å². The lowest BCUT2D eigenvalue weighted by Gasteiger charge is -2.14. The predicted octanol–water partition coefficient (Wildman–Crippen LogP) is 5.04. The van der Waals surface area contributed by atoms with E-state index in [0.717, 1.165) is 0 Å². The van der Waals surface area contributed by atoms with Crippen molar-refractivity contribution in [3.05, 3.63) is 69.6 Å². The number of aryl methyl sites for hydroxylation is 1. The molecule has 2 aromatic heterocycles. The highest BCUT2D eigenvalue weighted by atomic mass is 35.5. The van der Waals surface area contributed by atoms with Crippen molar-refractivity contribution < 1.29 is 9.53 Å². The molecule has 0 radical (unpaired) electrons. The van der Waals surface area contributed by atoms with Gasteiger partial charge in [0.05, 0.1) is 38.8 Å². The molecule has 0 bridgehead atoms. The third kappa shape index (κ3) is 3.67. The van der Waals surface area contributed by atoms with Crippen LogP contribution in [-0.4, -0.2) is 27.2 Å². The molecule has 0 saturated carbocycles. The monoisotopic (exact) mass is 440 g/mol. The van der Waals surface area contributed by atoms with Crippen molar-refractivity contribution in [3.63, 3.8) is 0 Å². The number of anilines is 1. The summed E-state index contributed by atoms with van der Waals surface area (Å²) in [5.41, 5.74) is 1.46. The zero-order valence-electron chi connectivity index (χ0n) is 16.2. The Morgan fingerprint density at radius 2 is 1.90 bits per heavy atom. The van der Waals surface area contributed by atoms with E-state index >= 15 is 0 Å². The van der Waals surface area contributed by atoms with Gasteiger partial charge in [0.15, 0.2) is 11.0 Å². The lowest BCUT2D eigenvalue weighted by atomic mass is 10.2. The Balaban J connectivity index is 1.96. The van der Waals surface area contributed by atoms with Crippen LogP contribution in [-0.2, 0) is 4.74 Å². The zero-order valence-corrected chi connectivity index (χ0v) is 17.8. The van der Waals surface area contributed by atoms with Gasteiger partial charge in [-0.05, 0) is 38.1 Å². The van der Waals surface area contributed by atoms with Gasteiger partial charge in [-0.25, -0.2) is 14.8 Å². The second-order valence-electron chi connectivity index (χ2n) is 6.32. The maximum atomic E-state index is 13.4. The highest BCUT2D eigenvalue weighted by Gasteiger charge is 2.21. The summed E-state index contributed by atoms with van der Waals surface area (Å²) >= 11 is 7.63. The SMILES string of the molecule is CCOC(=O)Nc1nc(C)c(-c2nc3ccccc3c(=O)n2-c2ccccc2Cl)s1. The van der Waals surface area contributed by atoms with Gasteiger partial charge < -0.3 is 4.74 Å². The number of aromatic nitrogens is 3. The Hall–Kier alpha value is -3.23. The fourth-order valence-electron chi connectivity index (χ4n) is 3.05. The molecule has 2 aromatic carbocycles. The molecule has 0 aliphatic rings. The Kier molecular flexibility index (Phi) is 5.52. The van der Waals surface area contributed by atoms with Crippen molar-refractivity contribution in [2.75, 3.05) is 11.9 Å². The molecular weight excluding hydrogens is 424 g/mol. The Bertz CT molecular complexity index is 1320. The van der Waals surface area contributed by atoms with Crippen molar-refractivity contribution in [1.29, 1.82) is 0 Å². The molecule has 2 heterocycles. The first-order valence-corrected chi connectivity index (χ1v) is 10.4. The van der Waals surface area contributed by atoms with Gasteiger partial charge in [-0.15, -0.1) is 0 Å². The molecule has 4 aromatic rings. The lowest BCUT2D eigenvalue weighted by molar-refractivity contribution is 0.168. The molecule has 0 spiro atoms. The van der Waals surface area contributed by atoms with Crippen LogP contribution in [0.2, 0.25) is 5.02 Å². The first kappa shape index (κ1) is 20.1. The van der Waals surface area contributed by atoms with Crippen molar-refractivity contribution in [2.24, 2.45) is 0 Å². The minimum atomic E-state index is -0.590. The number of nitrogens with one attached hydrogen (secondary N) is 1. The number of thiazole rings is 1. The molecule has 0 atom stereocenters. The number of benzene rings is 2. The number of carbonyl (C=O) groups excluding carboxylic acids is 1. The van der Waals surface area contributed by atoms with E-state index in [1.807, 2.05) is 6.07 Å². The fraction of sp³-hybridized carbons (Fsp3) is 0.143. The normalized spacial score (nSPS) is 10.9. The molecule has 152 valence electrons. The summed E-state index contributed by atoms with van der Waals surface area (Å²) in [6, 6.07) is 14.2. The molecule has 0 unspecified atom stereocenters. The van der Waals surface area contributed by atoms with Gasteiger partial charge in [0.25, 0.3) is 5.56 Å². The molecule has 1 amide bonds. The van der Waals surface area contributed by atoms with E-state index < -0.39 is 6.09 Å². The molecule has 0 aliphatic heterocycles. The van der Waals surface area contributed by atoms with Crippen molar-refractivity contribution in [1.82, 2.24) is 14.5 Å². The number of rotatable bonds is 4. The minimum absolute atomic E-state index is 0.239. The summed E-state index contributed by atoms with van der Waals surface area (Å²) in [6.07, 6.45) is -0.590. The van der Waals surface area contributed by atoms with Gasteiger partial charge in [-0.2, -0.15) is 0 Å². The van der Waals surface area contributed by atoms with Crippen LogP contribution in [0.15, 0.2) is 53.3 Å². The summed E-state index contributed by atoms with van der Waals surface area (Å²) in [7, 11) is 0. The van der Waals surface area contributed by atoms with E-state index in [1.165, 1.54) is 15.9 Å². The van der Waals surface area contributed by atoms with Crippen LogP contribution in [0.1, 0.15) is 12.6 Å². The van der Waals surface area contributed by atoms with E-state index in [4.69, 9.17) is 21.3 Å². The van der Waals surface area contributed by atoms with E-state index in [0.29, 0.717) is 43.1 Å². The van der Waals surface area contributed by atoms with E-state index in [9.17, 15) is 9.59 Å². The van der Waals surface area contributed by atoms with Gasteiger partial charge in [0.2, 0.25) is 0 Å². The summed E-state index contributed by atoms with van der Waals surface area (Å²) in [4.78, 5) is 35.0. The van der Waals surface area contributed by atoms with E-state index in [2.05, 4.69) is 10.3 Å². The number of hydrogen-bond donors (Lipinski definition) is 1. The number of hydrogen-bond acceptors (Lipinski definition) is 6. The molecule has 0 fully saturated rings. The molecule has 9 heteroatoms. The largest absolute Gasteiger partial charge is 0.450 e. The van der Waals surface area contributed by atoms with Crippen LogP contribution in [0, 0.1) is 6.92 Å². The zero-order chi connectivity index (χ0) is 21.3. The highest BCUT2D eigenvalue weighted by Crippen LogP contribution is 2.34. The average Bonchev–Trinajstić information content (AvgIpc) is 3.08. The summed E-state index contributed by atoms with van der Waals surface area (Å²) in [6.45, 7) is 3.77. The smallest absolute Gasteiger partial charge is 0.413 e. The van der Waals surface area contributed by atoms with Gasteiger partial charge in [0.1, 0.15) is 0 Å². The first-order valence-electron chi connectivity index (χ1n) is 9.18. The van der Waals surface area contributed by atoms with Gasteiger partial charge in [0, 0.05) is 0 Å². The Morgan fingerprint density at radius 1 is 1.17 bits per heavy atom. The number of halogens is 1. The van der Waals surface area contributed by atoms with Crippen LogP contribution in [0.25, 0.3) is 27.3 Å². The Labute approximate surface area is 180 Å². The third-order valence-corrected chi connectivity index (χ3v) is 5.74. The fourth-order valence-corrected chi connectivity index (χ4v) is 4.21. The minimum Gasteiger partial charge on any atom is -0.450 e. The number of fused-ring (bicyclic) bond motifs is 1. The van der Waals surface area contributed by atoms with E-state index in [1.54, 1.807) is 56.3 Å². The van der Waals surface area contributed by atoms with Gasteiger partial charge in [-0.1, -0.05) is 47.2 Å². The van der Waals surface area contributed by atoms with Crippen LogP contribution < -0.4 is 10.9 Å². The molecule has 4 rings (SSSR count). The number of carbonyl (C=O) groups is 1. The molecule has 1 N–H and O–H groups in total. The van der Waals surface area contributed by atoms with Crippen LogP contribution in [0.4, 0.5) is 9.93 Å². The van der Waals surface area contributed by atoms with Gasteiger partial charge in [-0.3, -0.25) is 14.7 Å². The molecule has 0 saturated heterocycles. The van der Waals surface area contributed by atoms with Crippen LogP contribution in [0.5, 0.6) is 0 Å². The molecule has 30 heavy (non-hydrogen) atoms. The molecule has 0 aliphatic carbocycles. The topological polar surface area (TPSA) is 86.1 Å². The molecule has 7 nitrogen and oxygen atoms in total. The number of ether oxygens (including phenoxy) is 1. The third-order valence-electron chi connectivity index (χ3n) is 4.35. The first-order chi connectivity index (χ1) is 14.5. The second kappa shape index (κ2) is 8.25. The Morgan fingerprint density at radius 3 is 2.67 bits per heavy atom. The van der Waals surface area contributed by atoms with Crippen LogP contribution >= 0.6 is 22.9 Å². The molecular formula is C21H17ClN4O3S. The van der Waals surface area contributed by atoms with Gasteiger partial charge >= 0.3 is 6.09 Å². The number of para-hydroxylation sites is 2. The van der Waals surface area contributed by atoms with Crippen molar-refractivity contribution in [3.8, 4) is 16.4 Å². The second-order valence-corrected chi connectivity index (χ2v) is 7.73. The summed E-state index contributed by atoms with van der Waals surface area (Å²) in [5, 5.41) is 3.86. The summed E-state index contributed by atoms with van der Waals surface area (Å²) in [5.74, 6) is 0.402. The average molecular weight is 441 g/mol. The highest BCUT2D eigenvalue weighted by molar-refractivity contribution is 7.19. The standard InChI is InChI=1S/C21H17ClN4O3S/c1-3-29-21(28)25-20-23-12(2)17(30-20)18-24-15-10-6-4-8-13(15)19(27)26(18)16-11-7-5-9-14(16)22/h4-11H,3H2,1-2H3,(H,23,25,28). The van der Waals surface area contributed by atoms with Crippen molar-refractivity contribution >= 4 is 45.1 Å². The lowest BCUT2D eigenvalue weighted by Crippen LogP contribution is -2.22. The van der Waals surface area contributed by atoms with Crippen molar-refractivity contribution in [2.45, 2.75) is 13.8 Å². The maximum Gasteiger partial charge on any atom is 0.413 e. The maximum absolute atomic E-state index is 13.4. The number of amides is 1. The summed E-state index contributed by atoms with van der Waals surface area (Å²) < 4.78 is 6.40.